The molecule has 1 unspecified atom stereocenters. The van der Waals surface area contributed by atoms with Crippen LogP contribution in [0.5, 0.6) is 11.5 Å². The van der Waals surface area contributed by atoms with Crippen LogP contribution in [0.3, 0.4) is 0 Å². The molecule has 1 atom stereocenters. The molecule has 0 N–H and O–H groups in total. The van der Waals surface area contributed by atoms with Gasteiger partial charge in [-0.15, -0.1) is 11.3 Å². The number of fused-ring (bicyclic) bond motifs is 2. The minimum Gasteiger partial charge on any atom is -0.486 e. The van der Waals surface area contributed by atoms with E-state index in [0.717, 1.165) is 45.9 Å². The zero-order valence-electron chi connectivity index (χ0n) is 19.4. The smallest absolute Gasteiger partial charge is 0.263 e. The van der Waals surface area contributed by atoms with Crippen LogP contribution in [-0.4, -0.2) is 40.1 Å². The molecule has 0 bridgehead atoms. The first kappa shape index (κ1) is 21.9. The lowest BCUT2D eigenvalue weighted by molar-refractivity contribution is -0.132. The molecule has 1 saturated heterocycles. The van der Waals surface area contributed by atoms with Gasteiger partial charge in [0.1, 0.15) is 24.6 Å². The minimum atomic E-state index is -0.179. The molecule has 0 aliphatic carbocycles. The summed E-state index contributed by atoms with van der Waals surface area (Å²) in [6, 6.07) is 15.7. The van der Waals surface area contributed by atoms with Crippen molar-refractivity contribution < 1.29 is 14.3 Å². The molecule has 7 nitrogen and oxygen atoms in total. The Morgan fingerprint density at radius 2 is 1.91 bits per heavy atom. The van der Waals surface area contributed by atoms with Crippen molar-refractivity contribution in [3.63, 3.8) is 0 Å². The first-order chi connectivity index (χ1) is 17.1. The Labute approximate surface area is 206 Å². The summed E-state index contributed by atoms with van der Waals surface area (Å²) in [5, 5.41) is 0.582. The molecule has 2 aromatic heterocycles. The van der Waals surface area contributed by atoms with Crippen LogP contribution in [0, 0.1) is 6.92 Å². The highest BCUT2D eigenvalue weighted by Crippen LogP contribution is 2.38. The zero-order valence-corrected chi connectivity index (χ0v) is 20.2. The van der Waals surface area contributed by atoms with Gasteiger partial charge in [-0.25, -0.2) is 4.98 Å². The van der Waals surface area contributed by atoms with Gasteiger partial charge in [0.2, 0.25) is 5.91 Å². The van der Waals surface area contributed by atoms with E-state index in [1.807, 2.05) is 60.4 Å². The molecule has 2 aromatic carbocycles. The molecule has 4 heterocycles. The molecule has 6 rings (SSSR count). The fraction of sp³-hybridized carbons (Fsp3) is 0.296. The van der Waals surface area contributed by atoms with Gasteiger partial charge in [0, 0.05) is 17.0 Å². The fourth-order valence-electron chi connectivity index (χ4n) is 5.12. The van der Waals surface area contributed by atoms with Crippen LogP contribution in [0.15, 0.2) is 59.7 Å². The van der Waals surface area contributed by atoms with Gasteiger partial charge in [-0.2, -0.15) is 0 Å². The number of hydrogen-bond acceptors (Lipinski definition) is 6. The first-order valence-corrected chi connectivity index (χ1v) is 12.6. The van der Waals surface area contributed by atoms with E-state index in [2.05, 4.69) is 4.98 Å². The van der Waals surface area contributed by atoms with Crippen molar-refractivity contribution in [1.29, 1.82) is 0 Å². The number of benzene rings is 2. The van der Waals surface area contributed by atoms with Crippen molar-refractivity contribution in [3.8, 4) is 22.6 Å². The summed E-state index contributed by atoms with van der Waals surface area (Å²) in [7, 11) is 0. The largest absolute Gasteiger partial charge is 0.486 e. The molecular formula is C27H25N3O4S. The Hall–Kier alpha value is -3.65. The Balaban J connectivity index is 1.30. The summed E-state index contributed by atoms with van der Waals surface area (Å²) in [5.74, 6) is 1.38. The van der Waals surface area contributed by atoms with Gasteiger partial charge in [-0.3, -0.25) is 14.2 Å². The van der Waals surface area contributed by atoms with Crippen molar-refractivity contribution in [2.75, 3.05) is 19.8 Å². The summed E-state index contributed by atoms with van der Waals surface area (Å²) < 4.78 is 12.8. The molecule has 0 spiro atoms. The van der Waals surface area contributed by atoms with E-state index in [1.165, 1.54) is 22.2 Å². The van der Waals surface area contributed by atoms with Gasteiger partial charge in [-0.1, -0.05) is 36.4 Å². The Bertz CT molecular complexity index is 1480. The van der Waals surface area contributed by atoms with E-state index in [9.17, 15) is 9.59 Å². The van der Waals surface area contributed by atoms with Gasteiger partial charge >= 0.3 is 0 Å². The van der Waals surface area contributed by atoms with Crippen molar-refractivity contribution >= 4 is 27.5 Å². The number of carbonyl (C=O) groups is 1. The highest BCUT2D eigenvalue weighted by molar-refractivity contribution is 7.19. The molecule has 178 valence electrons. The maximum Gasteiger partial charge on any atom is 0.263 e. The number of rotatable bonds is 4. The zero-order chi connectivity index (χ0) is 23.9. The number of thiophene rings is 1. The molecule has 1 fully saturated rings. The molecular weight excluding hydrogens is 462 g/mol. The second-order valence-electron chi connectivity index (χ2n) is 8.91. The van der Waals surface area contributed by atoms with Gasteiger partial charge in [0.25, 0.3) is 5.56 Å². The Kier molecular flexibility index (Phi) is 5.53. The number of carbonyl (C=O) groups excluding carboxylic acids is 1. The lowest BCUT2D eigenvalue weighted by atomic mass is 10.0. The van der Waals surface area contributed by atoms with Crippen LogP contribution in [0.4, 0.5) is 0 Å². The molecule has 2 aliphatic rings. The lowest BCUT2D eigenvalue weighted by Gasteiger charge is -2.27. The van der Waals surface area contributed by atoms with E-state index in [-0.39, 0.29) is 24.1 Å². The second-order valence-corrected chi connectivity index (χ2v) is 10.1. The van der Waals surface area contributed by atoms with Gasteiger partial charge < -0.3 is 14.4 Å². The first-order valence-electron chi connectivity index (χ1n) is 11.8. The second kappa shape index (κ2) is 8.85. The van der Waals surface area contributed by atoms with Crippen molar-refractivity contribution in [3.05, 3.63) is 75.7 Å². The third kappa shape index (κ3) is 3.87. The maximum atomic E-state index is 13.5. The van der Waals surface area contributed by atoms with Crippen molar-refractivity contribution in [1.82, 2.24) is 14.5 Å². The summed E-state index contributed by atoms with van der Waals surface area (Å²) in [6.07, 6.45) is 3.29. The van der Waals surface area contributed by atoms with E-state index in [4.69, 9.17) is 9.47 Å². The van der Waals surface area contributed by atoms with Crippen molar-refractivity contribution in [2.45, 2.75) is 32.4 Å². The van der Waals surface area contributed by atoms with Crippen LogP contribution in [0.1, 0.15) is 29.3 Å². The molecule has 0 radical (unpaired) electrons. The lowest BCUT2D eigenvalue weighted by Crippen LogP contribution is -2.36. The number of hydrogen-bond donors (Lipinski definition) is 0. The van der Waals surface area contributed by atoms with E-state index >= 15 is 0 Å². The van der Waals surface area contributed by atoms with Crippen LogP contribution in [-0.2, 0) is 11.3 Å². The average Bonchev–Trinajstić information content (AvgIpc) is 3.51. The molecule has 4 aromatic rings. The van der Waals surface area contributed by atoms with E-state index < -0.39 is 0 Å². The van der Waals surface area contributed by atoms with Crippen LogP contribution in [0.2, 0.25) is 0 Å². The summed E-state index contributed by atoms with van der Waals surface area (Å²) >= 11 is 1.51. The Morgan fingerprint density at radius 3 is 2.74 bits per heavy atom. The molecule has 1 amide bonds. The van der Waals surface area contributed by atoms with Gasteiger partial charge in [0.05, 0.1) is 17.8 Å². The quantitative estimate of drug-likeness (QED) is 0.422. The fourth-order valence-corrected chi connectivity index (χ4v) is 6.12. The number of amides is 1. The molecule has 2 aliphatic heterocycles. The molecule has 8 heteroatoms. The highest BCUT2D eigenvalue weighted by Gasteiger charge is 2.31. The van der Waals surface area contributed by atoms with E-state index in [0.29, 0.717) is 30.0 Å². The van der Waals surface area contributed by atoms with Crippen LogP contribution >= 0.6 is 11.3 Å². The molecule has 35 heavy (non-hydrogen) atoms. The van der Waals surface area contributed by atoms with Crippen LogP contribution in [0.25, 0.3) is 21.3 Å². The summed E-state index contributed by atoms with van der Waals surface area (Å²) in [4.78, 5) is 35.1. The predicted octanol–water partition coefficient (Wildman–Crippen LogP) is 4.57. The number of aromatic nitrogens is 2. The van der Waals surface area contributed by atoms with Crippen molar-refractivity contribution in [2.24, 2.45) is 0 Å². The number of aryl methyl sites for hydroxylation is 1. The van der Waals surface area contributed by atoms with Gasteiger partial charge in [-0.05, 0) is 43.0 Å². The summed E-state index contributed by atoms with van der Waals surface area (Å²) in [5.41, 5.74) is 2.74. The normalized spacial score (nSPS) is 17.2. The highest BCUT2D eigenvalue weighted by atomic mass is 32.1. The predicted molar refractivity (Wildman–Crippen MR) is 135 cm³/mol. The Morgan fingerprint density at radius 1 is 1.11 bits per heavy atom. The van der Waals surface area contributed by atoms with Gasteiger partial charge in [0.15, 0.2) is 11.5 Å². The topological polar surface area (TPSA) is 73.7 Å². The van der Waals surface area contributed by atoms with Crippen LogP contribution < -0.4 is 15.0 Å². The third-order valence-electron chi connectivity index (χ3n) is 6.75. The number of ether oxygens (including phenoxy) is 2. The number of likely N-dealkylation sites (tertiary alicyclic amines) is 1. The van der Waals surface area contributed by atoms with E-state index in [1.54, 1.807) is 0 Å². The minimum absolute atomic E-state index is 0.0358. The standard InChI is InChI=1S/C27H25N3O4S/c1-17-24(18-6-3-2-4-7-18)25-26(35-17)28-16-29(27(25)32)15-23(31)30-11-5-8-20(30)19-9-10-21-22(14-19)34-13-12-33-21/h2-4,6-7,9-10,14,16,20H,5,8,11-13,15H2,1H3. The molecule has 0 saturated carbocycles. The monoisotopic (exact) mass is 487 g/mol. The maximum absolute atomic E-state index is 13.5. The summed E-state index contributed by atoms with van der Waals surface area (Å²) in [6.45, 7) is 3.70. The SMILES string of the molecule is Cc1sc2ncn(CC(=O)N3CCCC3c3ccc4c(c3)OCCO4)c(=O)c2c1-c1ccccc1. The third-order valence-corrected chi connectivity index (χ3v) is 7.76. The average molecular weight is 488 g/mol. The number of nitrogens with zero attached hydrogens (tertiary/aromatic N) is 3.